The molecule has 0 aliphatic carbocycles. The number of hydrogen-bond acceptors (Lipinski definition) is 3. The first-order chi connectivity index (χ1) is 8.75. The molecule has 2 heterocycles. The van der Waals surface area contributed by atoms with Gasteiger partial charge in [0.2, 0.25) is 0 Å². The van der Waals surface area contributed by atoms with Crippen molar-refractivity contribution in [1.29, 1.82) is 0 Å². The molecule has 5 heteroatoms. The Morgan fingerprint density at radius 1 is 1.39 bits per heavy atom. The molecule has 1 aliphatic heterocycles. The van der Waals surface area contributed by atoms with Crippen molar-refractivity contribution in [2.45, 2.75) is 26.4 Å². The molecule has 3 rings (SSSR count). The van der Waals surface area contributed by atoms with Gasteiger partial charge in [0.15, 0.2) is 0 Å². The summed E-state index contributed by atoms with van der Waals surface area (Å²) in [4.78, 5) is 12.3. The van der Waals surface area contributed by atoms with Gasteiger partial charge in [-0.1, -0.05) is 12.1 Å². The molecule has 0 unspecified atom stereocenters. The molecule has 1 aliphatic rings. The van der Waals surface area contributed by atoms with E-state index in [4.69, 9.17) is 0 Å². The third kappa shape index (κ3) is 1.86. The van der Waals surface area contributed by atoms with Crippen molar-refractivity contribution >= 4 is 0 Å². The van der Waals surface area contributed by atoms with Gasteiger partial charge in [-0.2, -0.15) is 4.68 Å². The molecule has 1 aromatic carbocycles. The zero-order valence-corrected chi connectivity index (χ0v) is 10.4. The molecular formula is C13H16N4O. The molecule has 2 aromatic rings. The molecular weight excluding hydrogens is 228 g/mol. The molecule has 0 radical (unpaired) electrons. The number of benzene rings is 1. The summed E-state index contributed by atoms with van der Waals surface area (Å²) in [5.74, 6) is 0.819. The second kappa shape index (κ2) is 4.42. The predicted molar refractivity (Wildman–Crippen MR) is 68.9 cm³/mol. The van der Waals surface area contributed by atoms with Crippen LogP contribution in [0, 0.1) is 6.92 Å². The first kappa shape index (κ1) is 11.2. The van der Waals surface area contributed by atoms with E-state index in [0.29, 0.717) is 6.54 Å². The third-order valence-corrected chi connectivity index (χ3v) is 3.20. The second-order valence-corrected chi connectivity index (χ2v) is 4.63. The van der Waals surface area contributed by atoms with Gasteiger partial charge in [0.25, 0.3) is 0 Å². The number of hydrogen-bond donors (Lipinski definition) is 1. The summed E-state index contributed by atoms with van der Waals surface area (Å²) < 4.78 is 3.26. The van der Waals surface area contributed by atoms with Crippen LogP contribution in [0.25, 0.3) is 5.69 Å². The Bertz CT molecular complexity index is 626. The maximum Gasteiger partial charge on any atom is 0.350 e. The lowest BCUT2D eigenvalue weighted by molar-refractivity contribution is 0.619. The Balaban J connectivity index is 2.11. The van der Waals surface area contributed by atoms with Gasteiger partial charge in [-0.15, -0.1) is 5.10 Å². The van der Waals surface area contributed by atoms with Gasteiger partial charge in [0.1, 0.15) is 5.82 Å². The minimum absolute atomic E-state index is 0.0423. The van der Waals surface area contributed by atoms with Crippen molar-refractivity contribution in [3.05, 3.63) is 46.1 Å². The number of aromatic nitrogens is 3. The van der Waals surface area contributed by atoms with E-state index in [-0.39, 0.29) is 5.69 Å². The molecule has 1 N–H and O–H groups in total. The van der Waals surface area contributed by atoms with E-state index in [9.17, 15) is 4.79 Å². The van der Waals surface area contributed by atoms with Crippen molar-refractivity contribution in [2.24, 2.45) is 0 Å². The number of fused-ring (bicyclic) bond motifs is 1. The van der Waals surface area contributed by atoms with Crippen LogP contribution in [0.1, 0.15) is 17.8 Å². The van der Waals surface area contributed by atoms with Crippen LogP contribution in [0.4, 0.5) is 0 Å². The largest absolute Gasteiger partial charge is 0.350 e. The van der Waals surface area contributed by atoms with Crippen LogP contribution in [-0.2, 0) is 13.1 Å². The lowest BCUT2D eigenvalue weighted by atomic mass is 10.2. The van der Waals surface area contributed by atoms with Crippen LogP contribution in [0.5, 0.6) is 0 Å². The summed E-state index contributed by atoms with van der Waals surface area (Å²) in [6.07, 6.45) is 0.965. The summed E-state index contributed by atoms with van der Waals surface area (Å²) in [7, 11) is 0. The quantitative estimate of drug-likeness (QED) is 0.808. The highest BCUT2D eigenvalue weighted by molar-refractivity contribution is 5.34. The minimum Gasteiger partial charge on any atom is -0.310 e. The minimum atomic E-state index is -0.0423. The fourth-order valence-electron chi connectivity index (χ4n) is 2.28. The molecule has 0 saturated carbocycles. The van der Waals surface area contributed by atoms with Crippen molar-refractivity contribution in [3.8, 4) is 5.69 Å². The first-order valence-electron chi connectivity index (χ1n) is 6.22. The van der Waals surface area contributed by atoms with Gasteiger partial charge >= 0.3 is 5.69 Å². The van der Waals surface area contributed by atoms with Crippen LogP contribution in [-0.4, -0.2) is 20.9 Å². The molecule has 1 aromatic heterocycles. The van der Waals surface area contributed by atoms with Crippen LogP contribution in [0.2, 0.25) is 0 Å². The van der Waals surface area contributed by atoms with Crippen molar-refractivity contribution in [3.63, 3.8) is 0 Å². The highest BCUT2D eigenvalue weighted by Gasteiger charge is 2.15. The second-order valence-electron chi connectivity index (χ2n) is 4.63. The summed E-state index contributed by atoms with van der Waals surface area (Å²) in [5.41, 5.74) is 1.92. The fourth-order valence-corrected chi connectivity index (χ4v) is 2.28. The third-order valence-electron chi connectivity index (χ3n) is 3.20. The highest BCUT2D eigenvalue weighted by Crippen LogP contribution is 2.08. The fraction of sp³-hybridized carbons (Fsp3) is 0.385. The number of nitrogens with zero attached hydrogens (tertiary/aromatic N) is 3. The predicted octanol–water partition coefficient (Wildman–Crippen LogP) is 0.836. The molecule has 0 spiro atoms. The Labute approximate surface area is 105 Å². The zero-order chi connectivity index (χ0) is 12.5. The van der Waals surface area contributed by atoms with E-state index in [0.717, 1.165) is 36.6 Å². The standard InChI is InChI=1S/C13H16N4O/c1-10-4-2-5-11(8-10)17-13(18)16-7-3-6-14-9-12(16)15-17/h2,4-5,8,14H,3,6-7,9H2,1H3. The van der Waals surface area contributed by atoms with Gasteiger partial charge < -0.3 is 5.32 Å². The zero-order valence-electron chi connectivity index (χ0n) is 10.4. The van der Waals surface area contributed by atoms with Crippen LogP contribution >= 0.6 is 0 Å². The SMILES string of the molecule is Cc1cccc(-n2nc3n(c2=O)CCCNC3)c1. The number of rotatable bonds is 1. The van der Waals surface area contributed by atoms with Crippen molar-refractivity contribution in [2.75, 3.05) is 6.54 Å². The van der Waals surface area contributed by atoms with E-state index in [1.54, 1.807) is 4.57 Å². The Kier molecular flexibility index (Phi) is 2.76. The molecule has 0 saturated heterocycles. The topological polar surface area (TPSA) is 51.9 Å². The van der Waals surface area contributed by atoms with E-state index >= 15 is 0 Å². The molecule has 18 heavy (non-hydrogen) atoms. The average Bonchev–Trinajstić information content (AvgIpc) is 2.55. The molecule has 0 bridgehead atoms. The summed E-state index contributed by atoms with van der Waals surface area (Å²) in [6.45, 7) is 4.35. The van der Waals surface area contributed by atoms with Crippen molar-refractivity contribution < 1.29 is 0 Å². The van der Waals surface area contributed by atoms with Crippen LogP contribution in [0.3, 0.4) is 0 Å². The van der Waals surface area contributed by atoms with E-state index in [1.807, 2.05) is 31.2 Å². The van der Waals surface area contributed by atoms with E-state index in [1.165, 1.54) is 4.68 Å². The summed E-state index contributed by atoms with van der Waals surface area (Å²) in [6, 6.07) is 7.84. The Morgan fingerprint density at radius 2 is 2.28 bits per heavy atom. The summed E-state index contributed by atoms with van der Waals surface area (Å²) in [5, 5.41) is 7.70. The maximum atomic E-state index is 12.3. The lowest BCUT2D eigenvalue weighted by Crippen LogP contribution is -2.24. The van der Waals surface area contributed by atoms with E-state index < -0.39 is 0 Å². The van der Waals surface area contributed by atoms with Crippen LogP contribution < -0.4 is 11.0 Å². The molecule has 0 fully saturated rings. The normalized spacial score (nSPS) is 15.2. The molecule has 5 nitrogen and oxygen atoms in total. The lowest BCUT2D eigenvalue weighted by Gasteiger charge is -2.01. The Hall–Kier alpha value is -1.88. The number of nitrogens with one attached hydrogen (secondary N) is 1. The Morgan fingerprint density at radius 3 is 3.11 bits per heavy atom. The van der Waals surface area contributed by atoms with Gasteiger partial charge in [-0.25, -0.2) is 4.79 Å². The van der Waals surface area contributed by atoms with Crippen LogP contribution in [0.15, 0.2) is 29.1 Å². The van der Waals surface area contributed by atoms with Gasteiger partial charge in [0.05, 0.1) is 12.2 Å². The van der Waals surface area contributed by atoms with Gasteiger partial charge in [-0.3, -0.25) is 4.57 Å². The number of aryl methyl sites for hydroxylation is 1. The van der Waals surface area contributed by atoms with E-state index in [2.05, 4.69) is 10.4 Å². The highest BCUT2D eigenvalue weighted by atomic mass is 16.2. The first-order valence-corrected chi connectivity index (χ1v) is 6.22. The average molecular weight is 244 g/mol. The van der Waals surface area contributed by atoms with Gasteiger partial charge in [-0.05, 0) is 37.6 Å². The monoisotopic (exact) mass is 244 g/mol. The molecule has 0 atom stereocenters. The summed E-state index contributed by atoms with van der Waals surface area (Å²) >= 11 is 0. The smallest absolute Gasteiger partial charge is 0.310 e. The maximum absolute atomic E-state index is 12.3. The van der Waals surface area contributed by atoms with Gasteiger partial charge in [0, 0.05) is 6.54 Å². The molecule has 94 valence electrons. The molecule has 0 amide bonds. The van der Waals surface area contributed by atoms with Crippen molar-refractivity contribution in [1.82, 2.24) is 19.7 Å².